The van der Waals surface area contributed by atoms with Crippen LogP contribution in [-0.4, -0.2) is 47.5 Å². The summed E-state index contributed by atoms with van der Waals surface area (Å²) >= 11 is 1.90. The molecule has 1 N–H and O–H groups in total. The Balaban J connectivity index is 1.70. The number of hydrogen-bond acceptors (Lipinski definition) is 4. The summed E-state index contributed by atoms with van der Waals surface area (Å²) in [4.78, 5) is 14.8. The predicted molar refractivity (Wildman–Crippen MR) is 111 cm³/mol. The fourth-order valence-corrected chi connectivity index (χ4v) is 4.00. The van der Waals surface area contributed by atoms with E-state index in [9.17, 15) is 4.79 Å². The van der Waals surface area contributed by atoms with E-state index < -0.39 is 0 Å². The van der Waals surface area contributed by atoms with Crippen molar-refractivity contribution in [1.29, 1.82) is 0 Å². The molecule has 1 heterocycles. The number of amides is 1. The SMILES string of the molecule is CCOc1cccc(CN2CCC(C(=O)NCCSC(C)(C)C)CC2)c1. The highest BCUT2D eigenvalue weighted by molar-refractivity contribution is 8.00. The van der Waals surface area contributed by atoms with Gasteiger partial charge in [-0.25, -0.2) is 0 Å². The molecule has 1 amide bonds. The molecule has 1 aromatic carbocycles. The Labute approximate surface area is 163 Å². The molecule has 26 heavy (non-hydrogen) atoms. The summed E-state index contributed by atoms with van der Waals surface area (Å²) in [5.74, 6) is 2.31. The van der Waals surface area contributed by atoms with E-state index in [4.69, 9.17) is 4.74 Å². The molecule has 1 aromatic rings. The molecule has 0 bridgehead atoms. The fourth-order valence-electron chi connectivity index (χ4n) is 3.19. The van der Waals surface area contributed by atoms with Gasteiger partial charge in [0.2, 0.25) is 5.91 Å². The molecule has 0 radical (unpaired) electrons. The second-order valence-electron chi connectivity index (χ2n) is 7.88. The molecule has 1 aliphatic rings. The monoisotopic (exact) mass is 378 g/mol. The van der Waals surface area contributed by atoms with Gasteiger partial charge in [-0.1, -0.05) is 32.9 Å². The number of piperidine rings is 1. The van der Waals surface area contributed by atoms with Crippen molar-refractivity contribution in [2.24, 2.45) is 5.92 Å². The van der Waals surface area contributed by atoms with Gasteiger partial charge >= 0.3 is 0 Å². The molecule has 0 aromatic heterocycles. The first-order valence-electron chi connectivity index (χ1n) is 9.73. The van der Waals surface area contributed by atoms with Gasteiger partial charge in [-0.05, 0) is 50.6 Å². The zero-order valence-electron chi connectivity index (χ0n) is 16.7. The van der Waals surface area contributed by atoms with Crippen molar-refractivity contribution < 1.29 is 9.53 Å². The van der Waals surface area contributed by atoms with E-state index in [-0.39, 0.29) is 16.6 Å². The molecule has 0 saturated carbocycles. The first kappa shape index (κ1) is 21.1. The summed E-state index contributed by atoms with van der Waals surface area (Å²) in [6.07, 6.45) is 1.90. The van der Waals surface area contributed by atoms with Crippen LogP contribution in [0, 0.1) is 5.92 Å². The second kappa shape index (κ2) is 10.2. The quantitative estimate of drug-likeness (QED) is 0.696. The van der Waals surface area contributed by atoms with Crippen molar-refractivity contribution in [2.45, 2.75) is 51.8 Å². The predicted octanol–water partition coefficient (Wildman–Crippen LogP) is 3.95. The lowest BCUT2D eigenvalue weighted by atomic mass is 9.95. The molecule has 146 valence electrons. The van der Waals surface area contributed by atoms with E-state index >= 15 is 0 Å². The average Bonchev–Trinajstić information content (AvgIpc) is 2.59. The van der Waals surface area contributed by atoms with Gasteiger partial charge in [0.1, 0.15) is 5.75 Å². The molecule has 1 saturated heterocycles. The van der Waals surface area contributed by atoms with Crippen LogP contribution in [0.15, 0.2) is 24.3 Å². The molecule has 5 heteroatoms. The molecule has 2 rings (SSSR count). The Morgan fingerprint density at radius 2 is 2.04 bits per heavy atom. The van der Waals surface area contributed by atoms with Crippen LogP contribution in [-0.2, 0) is 11.3 Å². The lowest BCUT2D eigenvalue weighted by Crippen LogP contribution is -2.40. The summed E-state index contributed by atoms with van der Waals surface area (Å²) in [6.45, 7) is 13.0. The second-order valence-corrected chi connectivity index (χ2v) is 9.80. The van der Waals surface area contributed by atoms with Crippen molar-refractivity contribution in [1.82, 2.24) is 10.2 Å². The third-order valence-electron chi connectivity index (χ3n) is 4.51. The number of ether oxygens (including phenoxy) is 1. The summed E-state index contributed by atoms with van der Waals surface area (Å²) in [7, 11) is 0. The maximum absolute atomic E-state index is 12.3. The van der Waals surface area contributed by atoms with E-state index in [1.165, 1.54) is 5.56 Å². The van der Waals surface area contributed by atoms with Crippen molar-refractivity contribution >= 4 is 17.7 Å². The summed E-state index contributed by atoms with van der Waals surface area (Å²) < 4.78 is 5.84. The standard InChI is InChI=1S/C21H34N2O2S/c1-5-25-19-8-6-7-17(15-19)16-23-12-9-18(10-13-23)20(24)22-11-14-26-21(2,3)4/h6-8,15,18H,5,9-14,16H2,1-4H3,(H,22,24). The van der Waals surface area contributed by atoms with Gasteiger partial charge in [0.05, 0.1) is 6.61 Å². The Bertz CT molecular complexity index is 563. The smallest absolute Gasteiger partial charge is 0.223 e. The lowest BCUT2D eigenvalue weighted by Gasteiger charge is -2.31. The number of thioether (sulfide) groups is 1. The lowest BCUT2D eigenvalue weighted by molar-refractivity contribution is -0.126. The number of nitrogens with one attached hydrogen (secondary N) is 1. The van der Waals surface area contributed by atoms with Crippen LogP contribution in [0.3, 0.4) is 0 Å². The van der Waals surface area contributed by atoms with Gasteiger partial charge in [-0.2, -0.15) is 11.8 Å². The minimum atomic E-state index is 0.167. The summed E-state index contributed by atoms with van der Waals surface area (Å²) in [5.41, 5.74) is 1.28. The van der Waals surface area contributed by atoms with Gasteiger partial charge in [0, 0.05) is 29.5 Å². The van der Waals surface area contributed by atoms with Crippen molar-refractivity contribution in [3.63, 3.8) is 0 Å². The van der Waals surface area contributed by atoms with Crippen molar-refractivity contribution in [3.05, 3.63) is 29.8 Å². The van der Waals surface area contributed by atoms with Gasteiger partial charge in [-0.3, -0.25) is 9.69 Å². The number of carbonyl (C=O) groups excluding carboxylic acids is 1. The van der Waals surface area contributed by atoms with Crippen LogP contribution >= 0.6 is 11.8 Å². The first-order chi connectivity index (χ1) is 12.4. The fraction of sp³-hybridized carbons (Fsp3) is 0.667. The molecule has 4 nitrogen and oxygen atoms in total. The minimum Gasteiger partial charge on any atom is -0.494 e. The van der Waals surface area contributed by atoms with Crippen LogP contribution < -0.4 is 10.1 Å². The summed E-state index contributed by atoms with van der Waals surface area (Å²) in [5, 5.41) is 3.12. The van der Waals surface area contributed by atoms with E-state index in [0.29, 0.717) is 6.61 Å². The Morgan fingerprint density at radius 3 is 2.69 bits per heavy atom. The molecule has 0 aliphatic carbocycles. The number of nitrogens with zero attached hydrogens (tertiary/aromatic N) is 1. The van der Waals surface area contributed by atoms with Crippen LogP contribution in [0.2, 0.25) is 0 Å². The van der Waals surface area contributed by atoms with E-state index in [1.807, 2.05) is 24.8 Å². The molecular formula is C21H34N2O2S. The molecule has 1 aliphatic heterocycles. The third-order valence-corrected chi connectivity index (χ3v) is 5.78. The molecule has 0 unspecified atom stereocenters. The zero-order chi connectivity index (χ0) is 19.0. The highest BCUT2D eigenvalue weighted by Gasteiger charge is 2.24. The highest BCUT2D eigenvalue weighted by atomic mass is 32.2. The topological polar surface area (TPSA) is 41.6 Å². The average molecular weight is 379 g/mol. The highest BCUT2D eigenvalue weighted by Crippen LogP contribution is 2.23. The number of benzene rings is 1. The molecule has 0 spiro atoms. The van der Waals surface area contributed by atoms with E-state index in [1.54, 1.807) is 0 Å². The number of carbonyl (C=O) groups is 1. The van der Waals surface area contributed by atoms with E-state index in [2.05, 4.69) is 49.2 Å². The largest absolute Gasteiger partial charge is 0.494 e. The maximum Gasteiger partial charge on any atom is 0.223 e. The zero-order valence-corrected chi connectivity index (χ0v) is 17.5. The van der Waals surface area contributed by atoms with E-state index in [0.717, 1.165) is 50.5 Å². The first-order valence-corrected chi connectivity index (χ1v) is 10.7. The van der Waals surface area contributed by atoms with Crippen LogP contribution in [0.5, 0.6) is 5.75 Å². The van der Waals surface area contributed by atoms with Gasteiger partial charge in [-0.15, -0.1) is 0 Å². The number of likely N-dealkylation sites (tertiary alicyclic amines) is 1. The van der Waals surface area contributed by atoms with Crippen molar-refractivity contribution in [2.75, 3.05) is 32.0 Å². The minimum absolute atomic E-state index is 0.167. The van der Waals surface area contributed by atoms with Gasteiger partial charge < -0.3 is 10.1 Å². The molecule has 1 fully saturated rings. The maximum atomic E-state index is 12.3. The third kappa shape index (κ3) is 7.58. The van der Waals surface area contributed by atoms with Gasteiger partial charge in [0.25, 0.3) is 0 Å². The Hall–Kier alpha value is -1.20. The van der Waals surface area contributed by atoms with Crippen molar-refractivity contribution in [3.8, 4) is 5.75 Å². The van der Waals surface area contributed by atoms with Crippen LogP contribution in [0.1, 0.15) is 46.1 Å². The Kier molecular flexibility index (Phi) is 8.29. The number of hydrogen-bond donors (Lipinski definition) is 1. The van der Waals surface area contributed by atoms with Gasteiger partial charge in [0.15, 0.2) is 0 Å². The van der Waals surface area contributed by atoms with Crippen LogP contribution in [0.4, 0.5) is 0 Å². The molecular weight excluding hydrogens is 344 g/mol. The number of rotatable bonds is 8. The molecule has 0 atom stereocenters. The van der Waals surface area contributed by atoms with Crippen LogP contribution in [0.25, 0.3) is 0 Å². The Morgan fingerprint density at radius 1 is 1.31 bits per heavy atom. The normalized spacial score (nSPS) is 16.5. The summed E-state index contributed by atoms with van der Waals surface area (Å²) in [6, 6.07) is 8.32.